The number of halogens is 3. The molecule has 1 aromatic carbocycles. The maximum atomic E-state index is 12.2. The molecule has 0 aliphatic heterocycles. The molecule has 1 amide bonds. The predicted molar refractivity (Wildman–Crippen MR) is 52.7 cm³/mol. The minimum Gasteiger partial charge on any atom is -0.326 e. The van der Waals surface area contributed by atoms with E-state index in [9.17, 15) is 18.0 Å². The molecule has 0 heterocycles. The number of carbonyl (C=O) groups excluding carboxylic acids is 1. The van der Waals surface area contributed by atoms with E-state index in [1.807, 2.05) is 0 Å². The zero-order valence-electron chi connectivity index (χ0n) is 8.29. The van der Waals surface area contributed by atoms with Crippen molar-refractivity contribution in [2.75, 3.05) is 5.32 Å². The number of benzene rings is 1. The van der Waals surface area contributed by atoms with E-state index >= 15 is 0 Å². The number of para-hydroxylation sites is 1. The maximum Gasteiger partial charge on any atom is 0.392 e. The third-order valence-electron chi connectivity index (χ3n) is 2.59. The Morgan fingerprint density at radius 3 is 2.38 bits per heavy atom. The zero-order valence-corrected chi connectivity index (χ0v) is 8.29. The van der Waals surface area contributed by atoms with Crippen molar-refractivity contribution in [2.45, 2.75) is 12.6 Å². The normalized spacial score (nSPS) is 23.9. The van der Waals surface area contributed by atoms with E-state index in [1.54, 1.807) is 30.3 Å². The Morgan fingerprint density at radius 1 is 1.25 bits per heavy atom. The van der Waals surface area contributed by atoms with Crippen LogP contribution in [0.1, 0.15) is 6.42 Å². The second-order valence-electron chi connectivity index (χ2n) is 3.85. The molecule has 0 radical (unpaired) electrons. The molecule has 2 rings (SSSR count). The van der Waals surface area contributed by atoms with Crippen LogP contribution >= 0.6 is 0 Å². The van der Waals surface area contributed by atoms with Gasteiger partial charge in [-0.2, -0.15) is 13.2 Å². The first-order valence-electron chi connectivity index (χ1n) is 4.91. The molecule has 0 aromatic heterocycles. The third kappa shape index (κ3) is 2.35. The van der Waals surface area contributed by atoms with E-state index < -0.39 is 23.9 Å². The molecule has 1 aliphatic rings. The van der Waals surface area contributed by atoms with Crippen LogP contribution in [0.15, 0.2) is 30.3 Å². The van der Waals surface area contributed by atoms with E-state index in [0.29, 0.717) is 5.69 Å². The fourth-order valence-corrected chi connectivity index (χ4v) is 1.60. The van der Waals surface area contributed by atoms with Gasteiger partial charge in [-0.3, -0.25) is 4.79 Å². The molecule has 1 aliphatic carbocycles. The molecule has 16 heavy (non-hydrogen) atoms. The molecule has 1 saturated carbocycles. The van der Waals surface area contributed by atoms with E-state index in [-0.39, 0.29) is 6.42 Å². The lowest BCUT2D eigenvalue weighted by molar-refractivity contribution is -0.153. The highest BCUT2D eigenvalue weighted by molar-refractivity contribution is 5.94. The highest BCUT2D eigenvalue weighted by atomic mass is 19.4. The average molecular weight is 229 g/mol. The SMILES string of the molecule is O=C(Nc1ccccc1)C1CC1C(F)(F)F. The number of amides is 1. The fourth-order valence-electron chi connectivity index (χ4n) is 1.60. The van der Waals surface area contributed by atoms with E-state index in [2.05, 4.69) is 5.32 Å². The molecule has 5 heteroatoms. The standard InChI is InChI=1S/C11H10F3NO/c12-11(13,14)9-6-8(9)10(16)15-7-4-2-1-3-5-7/h1-5,8-9H,6H2,(H,15,16). The number of nitrogens with one attached hydrogen (secondary N) is 1. The fraction of sp³-hybridized carbons (Fsp3) is 0.364. The van der Waals surface area contributed by atoms with Crippen LogP contribution in [0.25, 0.3) is 0 Å². The van der Waals surface area contributed by atoms with Gasteiger partial charge in [-0.1, -0.05) is 18.2 Å². The van der Waals surface area contributed by atoms with Crippen molar-refractivity contribution in [3.63, 3.8) is 0 Å². The second-order valence-corrected chi connectivity index (χ2v) is 3.85. The molecule has 0 spiro atoms. The lowest BCUT2D eigenvalue weighted by atomic mass is 10.2. The number of hydrogen-bond acceptors (Lipinski definition) is 1. The van der Waals surface area contributed by atoms with Crippen molar-refractivity contribution >= 4 is 11.6 Å². The lowest BCUT2D eigenvalue weighted by Gasteiger charge is -2.06. The van der Waals surface area contributed by atoms with Crippen LogP contribution in [-0.4, -0.2) is 12.1 Å². The Balaban J connectivity index is 1.92. The van der Waals surface area contributed by atoms with Crippen LogP contribution in [0.2, 0.25) is 0 Å². The maximum absolute atomic E-state index is 12.2. The van der Waals surface area contributed by atoms with Crippen molar-refractivity contribution in [1.82, 2.24) is 0 Å². The molecule has 0 bridgehead atoms. The van der Waals surface area contributed by atoms with Gasteiger partial charge in [0.1, 0.15) is 0 Å². The summed E-state index contributed by atoms with van der Waals surface area (Å²) in [4.78, 5) is 11.4. The molecule has 2 atom stereocenters. The van der Waals surface area contributed by atoms with Gasteiger partial charge in [0.15, 0.2) is 0 Å². The van der Waals surface area contributed by atoms with E-state index in [4.69, 9.17) is 0 Å². The first-order chi connectivity index (χ1) is 7.48. The summed E-state index contributed by atoms with van der Waals surface area (Å²) in [6.07, 6.45) is -4.35. The summed E-state index contributed by atoms with van der Waals surface area (Å²) < 4.78 is 36.6. The van der Waals surface area contributed by atoms with Gasteiger partial charge in [-0.05, 0) is 18.6 Å². The quantitative estimate of drug-likeness (QED) is 0.830. The third-order valence-corrected chi connectivity index (χ3v) is 2.59. The molecule has 86 valence electrons. The van der Waals surface area contributed by atoms with Gasteiger partial charge >= 0.3 is 6.18 Å². The van der Waals surface area contributed by atoms with Gasteiger partial charge in [0, 0.05) is 5.69 Å². The Morgan fingerprint density at radius 2 is 1.88 bits per heavy atom. The molecule has 1 fully saturated rings. The average Bonchev–Trinajstić information content (AvgIpc) is 2.97. The van der Waals surface area contributed by atoms with Crippen LogP contribution in [0.4, 0.5) is 18.9 Å². The topological polar surface area (TPSA) is 29.1 Å². The number of carbonyl (C=O) groups is 1. The Labute approximate surface area is 90.5 Å². The molecular weight excluding hydrogens is 219 g/mol. The molecular formula is C11H10F3NO. The highest BCUT2D eigenvalue weighted by Gasteiger charge is 2.58. The van der Waals surface area contributed by atoms with Crippen molar-refractivity contribution in [3.05, 3.63) is 30.3 Å². The van der Waals surface area contributed by atoms with Crippen LogP contribution in [0, 0.1) is 11.8 Å². The molecule has 2 unspecified atom stereocenters. The summed E-state index contributed by atoms with van der Waals surface area (Å²) in [5.41, 5.74) is 0.528. The summed E-state index contributed by atoms with van der Waals surface area (Å²) in [6.45, 7) is 0. The number of hydrogen-bond donors (Lipinski definition) is 1. The van der Waals surface area contributed by atoms with Gasteiger partial charge in [0.05, 0.1) is 11.8 Å². The van der Waals surface area contributed by atoms with Gasteiger partial charge < -0.3 is 5.32 Å². The van der Waals surface area contributed by atoms with E-state index in [0.717, 1.165) is 0 Å². The Kier molecular flexibility index (Phi) is 2.61. The van der Waals surface area contributed by atoms with Gasteiger partial charge in [0.2, 0.25) is 5.91 Å². The summed E-state index contributed by atoms with van der Waals surface area (Å²) in [5, 5.41) is 2.47. The lowest BCUT2D eigenvalue weighted by Crippen LogP contribution is -2.20. The monoisotopic (exact) mass is 229 g/mol. The first kappa shape index (κ1) is 11.0. The second kappa shape index (κ2) is 3.81. The van der Waals surface area contributed by atoms with Gasteiger partial charge in [0.25, 0.3) is 0 Å². The van der Waals surface area contributed by atoms with Crippen molar-refractivity contribution < 1.29 is 18.0 Å². The predicted octanol–water partition coefficient (Wildman–Crippen LogP) is 2.82. The molecule has 2 nitrogen and oxygen atoms in total. The van der Waals surface area contributed by atoms with Crippen LogP contribution in [0.5, 0.6) is 0 Å². The summed E-state index contributed by atoms with van der Waals surface area (Å²) in [6, 6.07) is 8.48. The van der Waals surface area contributed by atoms with Crippen molar-refractivity contribution in [3.8, 4) is 0 Å². The number of anilines is 1. The van der Waals surface area contributed by atoms with E-state index in [1.165, 1.54) is 0 Å². The minimum atomic E-state index is -4.25. The highest BCUT2D eigenvalue weighted by Crippen LogP contribution is 2.50. The molecule has 1 aromatic rings. The largest absolute Gasteiger partial charge is 0.392 e. The summed E-state index contributed by atoms with van der Waals surface area (Å²) >= 11 is 0. The number of rotatable bonds is 2. The minimum absolute atomic E-state index is 0.0951. The van der Waals surface area contributed by atoms with Crippen molar-refractivity contribution in [2.24, 2.45) is 11.8 Å². The van der Waals surface area contributed by atoms with Crippen LogP contribution in [-0.2, 0) is 4.79 Å². The smallest absolute Gasteiger partial charge is 0.326 e. The number of alkyl halides is 3. The van der Waals surface area contributed by atoms with Crippen LogP contribution in [0.3, 0.4) is 0 Å². The van der Waals surface area contributed by atoms with Crippen molar-refractivity contribution in [1.29, 1.82) is 0 Å². The zero-order chi connectivity index (χ0) is 11.8. The first-order valence-corrected chi connectivity index (χ1v) is 4.91. The van der Waals surface area contributed by atoms with Crippen LogP contribution < -0.4 is 5.32 Å². The summed E-state index contributed by atoms with van der Waals surface area (Å²) in [5.74, 6) is -2.93. The summed E-state index contributed by atoms with van der Waals surface area (Å²) in [7, 11) is 0. The Bertz CT molecular complexity index is 388. The van der Waals surface area contributed by atoms with Gasteiger partial charge in [-0.15, -0.1) is 0 Å². The molecule has 0 saturated heterocycles. The van der Waals surface area contributed by atoms with Gasteiger partial charge in [-0.25, -0.2) is 0 Å². The Hall–Kier alpha value is -1.52. The molecule has 1 N–H and O–H groups in total.